The Labute approximate surface area is 184 Å². The van der Waals surface area contributed by atoms with Gasteiger partial charge in [-0.15, -0.1) is 0 Å². The molecule has 0 saturated carbocycles. The zero-order chi connectivity index (χ0) is 22.1. The number of nitrogens with zero attached hydrogens (tertiary/aromatic N) is 2. The molecule has 0 bridgehead atoms. The van der Waals surface area contributed by atoms with E-state index in [1.54, 1.807) is 30.3 Å². The van der Waals surface area contributed by atoms with Gasteiger partial charge >= 0.3 is 0 Å². The Morgan fingerprint density at radius 3 is 2.29 bits per heavy atom. The first-order valence-electron chi connectivity index (χ1n) is 9.75. The molecular weight excluding hydrogens is 410 g/mol. The fraction of sp³-hybridized carbons (Fsp3) is 0.125. The van der Waals surface area contributed by atoms with E-state index in [0.717, 1.165) is 40.1 Å². The average molecular weight is 432 g/mol. The van der Waals surface area contributed by atoms with Gasteiger partial charge in [0.1, 0.15) is 0 Å². The number of carbonyl (C=O) groups is 3. The van der Waals surface area contributed by atoms with Crippen molar-refractivity contribution in [3.63, 3.8) is 0 Å². The number of hydrogen-bond acceptors (Lipinski definition) is 4. The van der Waals surface area contributed by atoms with Crippen LogP contribution in [-0.4, -0.2) is 21.6 Å². The van der Waals surface area contributed by atoms with Gasteiger partial charge in [-0.05, 0) is 79.7 Å². The molecule has 0 unspecified atom stereocenters. The first kappa shape index (κ1) is 20.7. The summed E-state index contributed by atoms with van der Waals surface area (Å²) < 4.78 is 2.07. The summed E-state index contributed by atoms with van der Waals surface area (Å²) in [6.45, 7) is 5.43. The van der Waals surface area contributed by atoms with Crippen molar-refractivity contribution >= 4 is 46.3 Å². The van der Waals surface area contributed by atoms with E-state index in [1.165, 1.54) is 11.8 Å². The molecule has 0 radical (unpaired) electrons. The monoisotopic (exact) mass is 431 g/mol. The number of benzene rings is 2. The fourth-order valence-electron chi connectivity index (χ4n) is 3.64. The number of rotatable bonds is 4. The molecule has 2 aromatic carbocycles. The highest BCUT2D eigenvalue weighted by Gasteiger charge is 2.36. The molecule has 0 aliphatic carbocycles. The van der Waals surface area contributed by atoms with E-state index in [1.807, 2.05) is 50.2 Å². The molecule has 31 heavy (non-hydrogen) atoms. The number of thioether (sulfide) groups is 1. The molecule has 156 valence electrons. The van der Waals surface area contributed by atoms with E-state index in [-0.39, 0.29) is 17.1 Å². The van der Waals surface area contributed by atoms with Crippen molar-refractivity contribution in [2.75, 3.05) is 10.2 Å². The molecule has 3 aromatic rings. The Morgan fingerprint density at radius 1 is 0.968 bits per heavy atom. The van der Waals surface area contributed by atoms with Crippen LogP contribution in [0.2, 0.25) is 0 Å². The van der Waals surface area contributed by atoms with Crippen LogP contribution in [0.4, 0.5) is 16.2 Å². The summed E-state index contributed by atoms with van der Waals surface area (Å²) in [5.74, 6) is -0.432. The van der Waals surface area contributed by atoms with E-state index in [2.05, 4.69) is 9.88 Å². The van der Waals surface area contributed by atoms with Gasteiger partial charge < -0.3 is 9.88 Å². The number of anilines is 2. The fourth-order valence-corrected chi connectivity index (χ4v) is 4.47. The van der Waals surface area contributed by atoms with Crippen LogP contribution in [0.15, 0.2) is 65.6 Å². The number of aryl methyl sites for hydroxylation is 1. The van der Waals surface area contributed by atoms with Crippen LogP contribution in [0.3, 0.4) is 0 Å². The lowest BCUT2D eigenvalue weighted by Crippen LogP contribution is -2.27. The molecule has 4 rings (SSSR count). The van der Waals surface area contributed by atoms with Crippen molar-refractivity contribution in [1.29, 1.82) is 0 Å². The zero-order valence-electron chi connectivity index (χ0n) is 17.4. The van der Waals surface area contributed by atoms with Gasteiger partial charge in [0, 0.05) is 29.7 Å². The number of aromatic nitrogens is 1. The molecule has 1 aliphatic heterocycles. The van der Waals surface area contributed by atoms with Crippen molar-refractivity contribution in [1.82, 2.24) is 4.57 Å². The molecule has 7 heteroatoms. The maximum absolute atomic E-state index is 12.9. The lowest BCUT2D eigenvalue weighted by atomic mass is 10.2. The Bertz CT molecular complexity index is 1210. The lowest BCUT2D eigenvalue weighted by Gasteiger charge is -2.11. The van der Waals surface area contributed by atoms with Gasteiger partial charge in [0.05, 0.1) is 10.6 Å². The number of amides is 3. The van der Waals surface area contributed by atoms with Crippen LogP contribution in [0.25, 0.3) is 11.8 Å². The van der Waals surface area contributed by atoms with Crippen LogP contribution >= 0.6 is 11.8 Å². The van der Waals surface area contributed by atoms with Gasteiger partial charge in [-0.3, -0.25) is 14.4 Å². The molecule has 0 spiro atoms. The van der Waals surface area contributed by atoms with E-state index in [4.69, 9.17) is 0 Å². The van der Waals surface area contributed by atoms with Crippen LogP contribution in [0.5, 0.6) is 0 Å². The Kier molecular flexibility index (Phi) is 5.52. The topological polar surface area (TPSA) is 71.4 Å². The number of imide groups is 1. The highest BCUT2D eigenvalue weighted by Crippen LogP contribution is 2.36. The lowest BCUT2D eigenvalue weighted by molar-refractivity contribution is -0.114. The first-order valence-corrected chi connectivity index (χ1v) is 10.6. The second-order valence-electron chi connectivity index (χ2n) is 7.24. The summed E-state index contributed by atoms with van der Waals surface area (Å²) in [5, 5.41) is 2.46. The summed E-state index contributed by atoms with van der Waals surface area (Å²) in [6.07, 6.45) is 1.78. The van der Waals surface area contributed by atoms with Gasteiger partial charge in [0.2, 0.25) is 5.91 Å². The number of hydrogen-bond donors (Lipinski definition) is 1. The highest BCUT2D eigenvalue weighted by molar-refractivity contribution is 8.19. The molecule has 2 heterocycles. The van der Waals surface area contributed by atoms with Crippen molar-refractivity contribution < 1.29 is 14.4 Å². The SMILES string of the molecule is CC(=O)Nc1ccc(-n2c(C)cc(C=C3SC(=O)N(c4ccccc4)C3=O)c2C)cc1. The molecule has 1 N–H and O–H groups in total. The average Bonchev–Trinajstić information content (AvgIpc) is 3.17. The molecular formula is C24H21N3O3S. The van der Waals surface area contributed by atoms with Gasteiger partial charge in [0.25, 0.3) is 11.1 Å². The standard InChI is InChI=1S/C24H21N3O3S/c1-15-13-18(16(2)26(15)21-11-9-19(10-12-21)25-17(3)28)14-22-23(29)27(24(30)31-22)20-7-5-4-6-8-20/h4-14H,1-3H3,(H,25,28). The maximum atomic E-state index is 12.9. The van der Waals surface area contributed by atoms with E-state index >= 15 is 0 Å². The minimum atomic E-state index is -0.314. The van der Waals surface area contributed by atoms with Crippen LogP contribution in [0.1, 0.15) is 23.9 Å². The predicted molar refractivity (Wildman–Crippen MR) is 124 cm³/mol. The number of carbonyl (C=O) groups excluding carboxylic acids is 3. The Balaban J connectivity index is 1.65. The maximum Gasteiger partial charge on any atom is 0.298 e. The van der Waals surface area contributed by atoms with E-state index in [9.17, 15) is 14.4 Å². The van der Waals surface area contributed by atoms with Gasteiger partial charge in [0.15, 0.2) is 0 Å². The summed E-state index contributed by atoms with van der Waals surface area (Å²) >= 11 is 0.948. The minimum Gasteiger partial charge on any atom is -0.326 e. The van der Waals surface area contributed by atoms with Crippen LogP contribution in [-0.2, 0) is 9.59 Å². The van der Waals surface area contributed by atoms with Gasteiger partial charge in [-0.1, -0.05) is 18.2 Å². The normalized spacial score (nSPS) is 15.1. The van der Waals surface area contributed by atoms with Crippen molar-refractivity contribution in [2.45, 2.75) is 20.8 Å². The second kappa shape index (κ2) is 8.28. The Hall–Kier alpha value is -3.58. The van der Waals surface area contributed by atoms with E-state index < -0.39 is 0 Å². The summed E-state index contributed by atoms with van der Waals surface area (Å²) in [7, 11) is 0. The van der Waals surface area contributed by atoms with Crippen LogP contribution in [0, 0.1) is 13.8 Å². The largest absolute Gasteiger partial charge is 0.326 e. The second-order valence-corrected chi connectivity index (χ2v) is 8.24. The molecule has 1 aliphatic rings. The molecule has 0 atom stereocenters. The molecule has 1 saturated heterocycles. The van der Waals surface area contributed by atoms with Gasteiger partial charge in [-0.25, -0.2) is 4.90 Å². The number of para-hydroxylation sites is 1. The van der Waals surface area contributed by atoms with Crippen molar-refractivity contribution in [3.8, 4) is 5.69 Å². The van der Waals surface area contributed by atoms with Crippen molar-refractivity contribution in [3.05, 3.63) is 82.5 Å². The molecule has 1 fully saturated rings. The summed E-state index contributed by atoms with van der Waals surface area (Å²) in [4.78, 5) is 38.2. The third kappa shape index (κ3) is 4.04. The summed E-state index contributed by atoms with van der Waals surface area (Å²) in [6, 6.07) is 18.5. The minimum absolute atomic E-state index is 0.118. The van der Waals surface area contributed by atoms with E-state index in [0.29, 0.717) is 10.6 Å². The van der Waals surface area contributed by atoms with Crippen molar-refractivity contribution in [2.24, 2.45) is 0 Å². The van der Waals surface area contributed by atoms with Gasteiger partial charge in [-0.2, -0.15) is 0 Å². The quantitative estimate of drug-likeness (QED) is 0.570. The van der Waals surface area contributed by atoms with Crippen LogP contribution < -0.4 is 10.2 Å². The smallest absolute Gasteiger partial charge is 0.298 e. The third-order valence-corrected chi connectivity index (χ3v) is 5.88. The highest BCUT2D eigenvalue weighted by atomic mass is 32.2. The summed E-state index contributed by atoms with van der Waals surface area (Å²) in [5.41, 5.74) is 5.07. The Morgan fingerprint density at radius 2 is 1.65 bits per heavy atom. The predicted octanol–water partition coefficient (Wildman–Crippen LogP) is 5.29. The molecule has 1 aromatic heterocycles. The number of nitrogens with one attached hydrogen (secondary N) is 1. The molecule has 6 nitrogen and oxygen atoms in total. The zero-order valence-corrected chi connectivity index (χ0v) is 18.2. The first-order chi connectivity index (χ1) is 14.8. The molecule has 3 amide bonds. The third-order valence-electron chi connectivity index (χ3n) is 5.01.